The molecule has 140 valence electrons. The second kappa shape index (κ2) is 8.36. The van der Waals surface area contributed by atoms with Crippen LogP contribution in [0.3, 0.4) is 0 Å². The van der Waals surface area contributed by atoms with Crippen molar-refractivity contribution < 1.29 is 28.5 Å². The van der Waals surface area contributed by atoms with Crippen LogP contribution in [0.1, 0.15) is 33.1 Å². The lowest BCUT2D eigenvalue weighted by Crippen LogP contribution is -2.43. The number of benzene rings is 1. The van der Waals surface area contributed by atoms with E-state index in [1.54, 1.807) is 26.0 Å². The monoisotopic (exact) mass is 360 g/mol. The molecule has 26 heavy (non-hydrogen) atoms. The quantitative estimate of drug-likeness (QED) is 0.726. The molecule has 0 N–H and O–H groups in total. The minimum absolute atomic E-state index is 0.0398. The maximum absolute atomic E-state index is 12.7. The molecule has 0 amide bonds. The van der Waals surface area contributed by atoms with E-state index in [0.29, 0.717) is 31.6 Å². The molecule has 0 radical (unpaired) electrons. The molecular formula is C20H24O6. The number of carbonyl (C=O) groups excluding carboxylic acids is 2. The summed E-state index contributed by atoms with van der Waals surface area (Å²) in [7, 11) is 0. The molecule has 3 rings (SSSR count). The second-order valence-electron chi connectivity index (χ2n) is 6.51. The van der Waals surface area contributed by atoms with Gasteiger partial charge >= 0.3 is 5.97 Å². The van der Waals surface area contributed by atoms with E-state index < -0.39 is 6.10 Å². The van der Waals surface area contributed by atoms with Crippen LogP contribution in [-0.2, 0) is 23.8 Å². The molecule has 4 unspecified atom stereocenters. The fraction of sp³-hybridized carbons (Fsp3) is 0.500. The van der Waals surface area contributed by atoms with Gasteiger partial charge in [-0.05, 0) is 38.8 Å². The average molecular weight is 360 g/mol. The number of esters is 1. The number of ether oxygens (including phenoxy) is 4. The molecule has 1 heterocycles. The van der Waals surface area contributed by atoms with Crippen LogP contribution < -0.4 is 4.74 Å². The van der Waals surface area contributed by atoms with Gasteiger partial charge in [0.2, 0.25) is 11.5 Å². The van der Waals surface area contributed by atoms with E-state index in [0.717, 1.165) is 0 Å². The number of hydrogen-bond donors (Lipinski definition) is 0. The molecule has 1 saturated carbocycles. The number of fused-ring (bicyclic) bond motifs is 1. The van der Waals surface area contributed by atoms with Gasteiger partial charge in [-0.1, -0.05) is 18.2 Å². The summed E-state index contributed by atoms with van der Waals surface area (Å²) in [6, 6.07) is 9.17. The molecule has 4 atom stereocenters. The Morgan fingerprint density at radius 3 is 2.77 bits per heavy atom. The summed E-state index contributed by atoms with van der Waals surface area (Å²) >= 11 is 0. The molecule has 6 heteroatoms. The van der Waals surface area contributed by atoms with Gasteiger partial charge in [-0.15, -0.1) is 0 Å². The maximum atomic E-state index is 12.7. The summed E-state index contributed by atoms with van der Waals surface area (Å²) in [5.74, 6) is 0.193. The highest BCUT2D eigenvalue weighted by Gasteiger charge is 2.42. The molecular weight excluding hydrogens is 336 g/mol. The summed E-state index contributed by atoms with van der Waals surface area (Å²) in [6.07, 6.45) is 2.29. The van der Waals surface area contributed by atoms with Gasteiger partial charge in [0.05, 0.1) is 18.6 Å². The Kier molecular flexibility index (Phi) is 5.93. The third-order valence-corrected chi connectivity index (χ3v) is 4.66. The maximum Gasteiger partial charge on any atom is 0.334 e. The minimum Gasteiger partial charge on any atom is -0.493 e. The molecule has 1 fully saturated rings. The van der Waals surface area contributed by atoms with Crippen LogP contribution in [0.2, 0.25) is 0 Å². The molecule has 0 bridgehead atoms. The Bertz CT molecular complexity index is 668. The highest BCUT2D eigenvalue weighted by atomic mass is 16.6. The number of para-hydroxylation sites is 1. The Labute approximate surface area is 153 Å². The molecule has 1 aliphatic carbocycles. The van der Waals surface area contributed by atoms with Crippen molar-refractivity contribution in [1.82, 2.24) is 0 Å². The number of Topliss-reactive ketones (excluding diaryl/α,β-unsaturated/α-hetero) is 1. The Balaban J connectivity index is 1.58. The summed E-state index contributed by atoms with van der Waals surface area (Å²) in [5, 5.41) is 0. The van der Waals surface area contributed by atoms with Gasteiger partial charge in [-0.3, -0.25) is 4.79 Å². The first kappa shape index (κ1) is 18.5. The normalized spacial score (nSPS) is 26.2. The van der Waals surface area contributed by atoms with Gasteiger partial charge in [-0.25, -0.2) is 4.79 Å². The standard InChI is InChI=1S/C20H24O6/c1-3-23-20(22)13(2)25-15-9-10-16-17(11-15)24-12-18(19(16)21)26-14-7-5-4-6-8-14/h4-8,12-13,15-17H,3,9-11H2,1-2H3. The lowest BCUT2D eigenvalue weighted by molar-refractivity contribution is -0.164. The summed E-state index contributed by atoms with van der Waals surface area (Å²) < 4.78 is 22.2. The zero-order chi connectivity index (χ0) is 18.5. The molecule has 1 aromatic carbocycles. The number of ketones is 1. The zero-order valence-corrected chi connectivity index (χ0v) is 15.1. The Hall–Kier alpha value is -2.34. The number of allylic oxidation sites excluding steroid dienone is 1. The van der Waals surface area contributed by atoms with Crippen LogP contribution in [0.5, 0.6) is 5.75 Å². The van der Waals surface area contributed by atoms with Gasteiger partial charge in [0, 0.05) is 6.42 Å². The van der Waals surface area contributed by atoms with E-state index >= 15 is 0 Å². The van der Waals surface area contributed by atoms with Crippen molar-refractivity contribution in [2.24, 2.45) is 5.92 Å². The summed E-state index contributed by atoms with van der Waals surface area (Å²) in [4.78, 5) is 24.4. The molecule has 1 aromatic rings. The van der Waals surface area contributed by atoms with Gasteiger partial charge in [0.15, 0.2) is 6.10 Å². The second-order valence-corrected chi connectivity index (χ2v) is 6.51. The van der Waals surface area contributed by atoms with Crippen molar-refractivity contribution in [3.63, 3.8) is 0 Å². The first-order valence-corrected chi connectivity index (χ1v) is 9.03. The molecule has 1 aliphatic heterocycles. The van der Waals surface area contributed by atoms with E-state index in [9.17, 15) is 9.59 Å². The predicted molar refractivity (Wildman–Crippen MR) is 93.3 cm³/mol. The van der Waals surface area contributed by atoms with Crippen molar-refractivity contribution in [3.8, 4) is 5.75 Å². The molecule has 2 aliphatic rings. The molecule has 0 spiro atoms. The largest absolute Gasteiger partial charge is 0.493 e. The number of rotatable bonds is 6. The fourth-order valence-corrected chi connectivity index (χ4v) is 3.35. The smallest absolute Gasteiger partial charge is 0.334 e. The number of carbonyl (C=O) groups is 2. The van der Waals surface area contributed by atoms with Gasteiger partial charge < -0.3 is 18.9 Å². The van der Waals surface area contributed by atoms with Crippen LogP contribution >= 0.6 is 0 Å². The lowest BCUT2D eigenvalue weighted by Gasteiger charge is -2.37. The van der Waals surface area contributed by atoms with Crippen molar-refractivity contribution in [3.05, 3.63) is 42.4 Å². The van der Waals surface area contributed by atoms with Gasteiger partial charge in [0.1, 0.15) is 18.1 Å². The van der Waals surface area contributed by atoms with Gasteiger partial charge in [-0.2, -0.15) is 0 Å². The van der Waals surface area contributed by atoms with Crippen molar-refractivity contribution in [2.45, 2.75) is 51.4 Å². The highest BCUT2D eigenvalue weighted by Crippen LogP contribution is 2.35. The molecule has 0 aromatic heterocycles. The topological polar surface area (TPSA) is 71.1 Å². The third kappa shape index (κ3) is 4.25. The first-order valence-electron chi connectivity index (χ1n) is 9.03. The van der Waals surface area contributed by atoms with Crippen LogP contribution in [0.15, 0.2) is 42.4 Å². The van der Waals surface area contributed by atoms with Crippen LogP contribution in [0.4, 0.5) is 0 Å². The minimum atomic E-state index is -0.622. The SMILES string of the molecule is CCOC(=O)C(C)OC1CCC2C(=O)C(Oc3ccccc3)=COC2C1. The lowest BCUT2D eigenvalue weighted by atomic mass is 9.80. The van der Waals surface area contributed by atoms with Gasteiger partial charge in [0.25, 0.3) is 0 Å². The van der Waals surface area contributed by atoms with E-state index in [1.807, 2.05) is 18.2 Å². The highest BCUT2D eigenvalue weighted by molar-refractivity contribution is 5.96. The molecule has 6 nitrogen and oxygen atoms in total. The Morgan fingerprint density at radius 2 is 2.04 bits per heavy atom. The van der Waals surface area contributed by atoms with Crippen LogP contribution in [0, 0.1) is 5.92 Å². The average Bonchev–Trinajstić information content (AvgIpc) is 2.65. The van der Waals surface area contributed by atoms with Crippen LogP contribution in [0.25, 0.3) is 0 Å². The van der Waals surface area contributed by atoms with Crippen molar-refractivity contribution in [1.29, 1.82) is 0 Å². The predicted octanol–water partition coefficient (Wildman–Crippen LogP) is 3.01. The zero-order valence-electron chi connectivity index (χ0n) is 15.1. The third-order valence-electron chi connectivity index (χ3n) is 4.66. The van der Waals surface area contributed by atoms with E-state index in [4.69, 9.17) is 18.9 Å². The van der Waals surface area contributed by atoms with E-state index in [1.165, 1.54) is 6.26 Å². The van der Waals surface area contributed by atoms with Crippen LogP contribution in [-0.4, -0.2) is 36.7 Å². The molecule has 0 saturated heterocycles. The summed E-state index contributed by atoms with van der Waals surface area (Å²) in [5.41, 5.74) is 0. The Morgan fingerprint density at radius 1 is 1.27 bits per heavy atom. The van der Waals surface area contributed by atoms with Crippen molar-refractivity contribution >= 4 is 11.8 Å². The van der Waals surface area contributed by atoms with E-state index in [2.05, 4.69) is 0 Å². The number of hydrogen-bond acceptors (Lipinski definition) is 6. The van der Waals surface area contributed by atoms with E-state index in [-0.39, 0.29) is 35.6 Å². The first-order chi connectivity index (χ1) is 12.6. The fourth-order valence-electron chi connectivity index (χ4n) is 3.35. The van der Waals surface area contributed by atoms with Crippen molar-refractivity contribution in [2.75, 3.05) is 6.61 Å². The summed E-state index contributed by atoms with van der Waals surface area (Å²) in [6.45, 7) is 3.77.